The van der Waals surface area contributed by atoms with E-state index in [2.05, 4.69) is 18.7 Å². The zero-order chi connectivity index (χ0) is 11.3. The largest absolute Gasteiger partial charge is 0.376 e. The maximum absolute atomic E-state index is 6.27. The van der Waals surface area contributed by atoms with Gasteiger partial charge in [0.25, 0.3) is 0 Å². The van der Waals surface area contributed by atoms with Crippen LogP contribution in [0.3, 0.4) is 0 Å². The van der Waals surface area contributed by atoms with Crippen LogP contribution in [-0.2, 0) is 4.74 Å². The lowest BCUT2D eigenvalue weighted by Gasteiger charge is -2.60. The number of nitrogens with zero attached hydrogens (tertiary/aromatic N) is 1. The summed E-state index contributed by atoms with van der Waals surface area (Å²) in [6, 6.07) is 0.901. The number of hydrogen-bond acceptors (Lipinski definition) is 3. The highest BCUT2D eigenvalue weighted by Crippen LogP contribution is 2.47. The molecule has 3 aliphatic rings. The quantitative estimate of drug-likeness (QED) is 0.783. The predicted molar refractivity (Wildman–Crippen MR) is 64.2 cm³/mol. The number of rotatable bonds is 3. The van der Waals surface area contributed by atoms with Crippen LogP contribution in [0.2, 0.25) is 0 Å². The molecule has 3 heteroatoms. The van der Waals surface area contributed by atoms with Gasteiger partial charge in [0.1, 0.15) is 0 Å². The number of fused-ring (bicyclic) bond motifs is 1. The second kappa shape index (κ2) is 3.69. The molecule has 2 heterocycles. The SMILES string of the molecule is CCC1(CC)CN(C2C(N)C3CCOC32)C1. The normalized spacial score (nSPS) is 45.9. The van der Waals surface area contributed by atoms with E-state index < -0.39 is 0 Å². The van der Waals surface area contributed by atoms with Gasteiger partial charge in [-0.3, -0.25) is 4.90 Å². The first-order valence-corrected chi connectivity index (χ1v) is 6.82. The first-order chi connectivity index (χ1) is 7.71. The minimum atomic E-state index is 0.374. The fraction of sp³-hybridized carbons (Fsp3) is 1.00. The van der Waals surface area contributed by atoms with Crippen LogP contribution in [-0.4, -0.2) is 42.8 Å². The van der Waals surface area contributed by atoms with Gasteiger partial charge in [0.15, 0.2) is 0 Å². The van der Waals surface area contributed by atoms with Crippen LogP contribution in [0.4, 0.5) is 0 Å². The highest BCUT2D eigenvalue weighted by molar-refractivity contribution is 5.13. The van der Waals surface area contributed by atoms with Crippen LogP contribution in [0.25, 0.3) is 0 Å². The van der Waals surface area contributed by atoms with E-state index in [1.807, 2.05) is 0 Å². The van der Waals surface area contributed by atoms with E-state index in [9.17, 15) is 0 Å². The van der Waals surface area contributed by atoms with Gasteiger partial charge < -0.3 is 10.5 Å². The number of nitrogens with two attached hydrogens (primary N) is 1. The zero-order valence-corrected chi connectivity index (χ0v) is 10.5. The van der Waals surface area contributed by atoms with Crippen molar-refractivity contribution in [2.75, 3.05) is 19.7 Å². The van der Waals surface area contributed by atoms with Crippen molar-refractivity contribution in [3.63, 3.8) is 0 Å². The first kappa shape index (κ1) is 11.0. The van der Waals surface area contributed by atoms with Crippen molar-refractivity contribution in [1.29, 1.82) is 0 Å². The van der Waals surface area contributed by atoms with Gasteiger partial charge in [0.05, 0.1) is 12.1 Å². The Morgan fingerprint density at radius 1 is 1.31 bits per heavy atom. The number of likely N-dealkylation sites (tertiary alicyclic amines) is 1. The summed E-state index contributed by atoms with van der Waals surface area (Å²) in [5, 5.41) is 0. The molecule has 16 heavy (non-hydrogen) atoms. The van der Waals surface area contributed by atoms with Crippen molar-refractivity contribution < 1.29 is 4.74 Å². The standard InChI is InChI=1S/C13H24N2O/c1-3-13(4-2)7-15(8-13)11-10(14)9-5-6-16-12(9)11/h9-12H,3-8,14H2,1-2H3. The molecule has 0 spiro atoms. The minimum Gasteiger partial charge on any atom is -0.376 e. The van der Waals surface area contributed by atoms with Crippen molar-refractivity contribution in [3.05, 3.63) is 0 Å². The predicted octanol–water partition coefficient (Wildman–Crippen LogP) is 1.22. The van der Waals surface area contributed by atoms with Crippen molar-refractivity contribution in [2.45, 2.75) is 51.3 Å². The average Bonchev–Trinajstić information content (AvgIpc) is 2.66. The second-order valence-electron chi connectivity index (χ2n) is 5.97. The third-order valence-corrected chi connectivity index (χ3v) is 5.41. The molecule has 0 aromatic rings. The summed E-state index contributed by atoms with van der Waals surface area (Å²) in [7, 11) is 0. The third kappa shape index (κ3) is 1.31. The van der Waals surface area contributed by atoms with Crippen LogP contribution in [0.15, 0.2) is 0 Å². The van der Waals surface area contributed by atoms with Gasteiger partial charge in [-0.15, -0.1) is 0 Å². The maximum atomic E-state index is 6.27. The molecule has 4 atom stereocenters. The molecule has 0 radical (unpaired) electrons. The topological polar surface area (TPSA) is 38.5 Å². The van der Waals surface area contributed by atoms with Crippen LogP contribution in [0.1, 0.15) is 33.1 Å². The molecule has 2 saturated heterocycles. The molecule has 0 aromatic heterocycles. The molecule has 0 amide bonds. The Kier molecular flexibility index (Phi) is 2.54. The highest BCUT2D eigenvalue weighted by Gasteiger charge is 2.58. The van der Waals surface area contributed by atoms with E-state index in [0.717, 1.165) is 6.61 Å². The Morgan fingerprint density at radius 3 is 2.62 bits per heavy atom. The lowest BCUT2D eigenvalue weighted by molar-refractivity contribution is -0.138. The molecular formula is C13H24N2O. The van der Waals surface area contributed by atoms with E-state index in [0.29, 0.717) is 29.5 Å². The van der Waals surface area contributed by atoms with E-state index in [1.165, 1.54) is 32.4 Å². The molecule has 2 N–H and O–H groups in total. The molecule has 92 valence electrons. The Bertz CT molecular complexity index is 269. The molecule has 3 rings (SSSR count). The van der Waals surface area contributed by atoms with Crippen LogP contribution in [0.5, 0.6) is 0 Å². The van der Waals surface area contributed by atoms with Gasteiger partial charge in [-0.1, -0.05) is 13.8 Å². The summed E-state index contributed by atoms with van der Waals surface area (Å²) in [5.74, 6) is 0.656. The van der Waals surface area contributed by atoms with Crippen LogP contribution in [0, 0.1) is 11.3 Å². The summed E-state index contributed by atoms with van der Waals surface area (Å²) in [4.78, 5) is 2.57. The molecular weight excluding hydrogens is 200 g/mol. The van der Waals surface area contributed by atoms with Crippen LogP contribution < -0.4 is 5.73 Å². The summed E-state index contributed by atoms with van der Waals surface area (Å²) in [6.07, 6.45) is 4.25. The lowest BCUT2D eigenvalue weighted by atomic mass is 9.66. The summed E-state index contributed by atoms with van der Waals surface area (Å²) < 4.78 is 5.81. The van der Waals surface area contributed by atoms with Crippen molar-refractivity contribution in [2.24, 2.45) is 17.1 Å². The van der Waals surface area contributed by atoms with Gasteiger partial charge in [0.2, 0.25) is 0 Å². The fourth-order valence-corrected chi connectivity index (χ4v) is 3.89. The third-order valence-electron chi connectivity index (χ3n) is 5.41. The van der Waals surface area contributed by atoms with E-state index in [-0.39, 0.29) is 0 Å². The minimum absolute atomic E-state index is 0.374. The molecule has 0 bridgehead atoms. The molecule has 0 aromatic carbocycles. The average molecular weight is 224 g/mol. The molecule has 1 aliphatic carbocycles. The van der Waals surface area contributed by atoms with Gasteiger partial charge in [-0.2, -0.15) is 0 Å². The zero-order valence-electron chi connectivity index (χ0n) is 10.5. The van der Waals surface area contributed by atoms with Crippen molar-refractivity contribution in [3.8, 4) is 0 Å². The van der Waals surface area contributed by atoms with Gasteiger partial charge in [-0.25, -0.2) is 0 Å². The molecule has 3 nitrogen and oxygen atoms in total. The molecule has 1 saturated carbocycles. The monoisotopic (exact) mass is 224 g/mol. The Labute approximate surface area is 98.3 Å². The molecule has 2 aliphatic heterocycles. The smallest absolute Gasteiger partial charge is 0.0789 e. The summed E-state index contributed by atoms with van der Waals surface area (Å²) in [6.45, 7) is 8.04. The Balaban J connectivity index is 1.61. The van der Waals surface area contributed by atoms with Gasteiger partial charge >= 0.3 is 0 Å². The molecule has 4 unspecified atom stereocenters. The van der Waals surface area contributed by atoms with Crippen LogP contribution >= 0.6 is 0 Å². The lowest BCUT2D eigenvalue weighted by Crippen LogP contribution is -2.74. The van der Waals surface area contributed by atoms with Gasteiger partial charge in [-0.05, 0) is 24.7 Å². The summed E-state index contributed by atoms with van der Waals surface area (Å²) in [5.41, 5.74) is 6.85. The number of hydrogen-bond donors (Lipinski definition) is 1. The Morgan fingerprint density at radius 2 is 2.00 bits per heavy atom. The maximum Gasteiger partial charge on any atom is 0.0789 e. The Hall–Kier alpha value is -0.120. The fourth-order valence-electron chi connectivity index (χ4n) is 3.89. The second-order valence-corrected chi connectivity index (χ2v) is 5.97. The van der Waals surface area contributed by atoms with E-state index >= 15 is 0 Å². The highest BCUT2D eigenvalue weighted by atomic mass is 16.5. The van der Waals surface area contributed by atoms with Crippen molar-refractivity contribution in [1.82, 2.24) is 4.90 Å². The summed E-state index contributed by atoms with van der Waals surface area (Å²) >= 11 is 0. The van der Waals surface area contributed by atoms with E-state index in [1.54, 1.807) is 0 Å². The first-order valence-electron chi connectivity index (χ1n) is 6.82. The van der Waals surface area contributed by atoms with Crippen molar-refractivity contribution >= 4 is 0 Å². The molecule has 3 fully saturated rings. The number of ether oxygens (including phenoxy) is 1. The van der Waals surface area contributed by atoms with E-state index in [4.69, 9.17) is 10.5 Å². The van der Waals surface area contributed by atoms with Gasteiger partial charge in [0, 0.05) is 31.7 Å².